The number of hydrogen-bond donors (Lipinski definition) is 2. The molecule has 4 aromatic carbocycles. The van der Waals surface area contributed by atoms with Gasteiger partial charge in [-0.1, -0.05) is 71.4 Å². The van der Waals surface area contributed by atoms with Crippen LogP contribution < -0.4 is 10.0 Å². The largest absolute Gasteiger partial charge is 0.321 e. The average molecular weight is 509 g/mol. The van der Waals surface area contributed by atoms with Gasteiger partial charge in [-0.25, -0.2) is 8.42 Å². The van der Waals surface area contributed by atoms with Crippen molar-refractivity contribution in [2.75, 3.05) is 10.0 Å². The fourth-order valence-electron chi connectivity index (χ4n) is 3.13. The molecule has 1 amide bonds. The second kappa shape index (κ2) is 10.3. The van der Waals surface area contributed by atoms with E-state index in [0.717, 1.165) is 15.4 Å². The molecule has 0 aliphatic carbocycles. The Labute approximate surface area is 208 Å². The van der Waals surface area contributed by atoms with Crippen LogP contribution in [0.5, 0.6) is 0 Å². The lowest BCUT2D eigenvalue weighted by molar-refractivity contribution is 0.102. The number of para-hydroxylation sites is 1. The fraction of sp³-hybridized carbons (Fsp3) is 0.0385. The number of hydrogen-bond acceptors (Lipinski definition) is 4. The highest BCUT2D eigenvalue weighted by Gasteiger charge is 2.17. The monoisotopic (exact) mass is 508 g/mol. The van der Waals surface area contributed by atoms with Gasteiger partial charge in [-0.3, -0.25) is 9.52 Å². The molecule has 2 N–H and O–H groups in total. The van der Waals surface area contributed by atoms with E-state index >= 15 is 0 Å². The van der Waals surface area contributed by atoms with Crippen LogP contribution in [-0.2, 0) is 10.0 Å². The maximum Gasteiger partial charge on any atom is 0.261 e. The molecule has 0 atom stereocenters. The number of anilines is 2. The van der Waals surface area contributed by atoms with Crippen molar-refractivity contribution < 1.29 is 13.2 Å². The smallest absolute Gasteiger partial charge is 0.261 e. The Hall–Kier alpha value is -3.26. The van der Waals surface area contributed by atoms with Crippen LogP contribution in [0.25, 0.3) is 0 Å². The Bertz CT molecular complexity index is 1420. The summed E-state index contributed by atoms with van der Waals surface area (Å²) < 4.78 is 27.8. The minimum atomic E-state index is -3.81. The predicted octanol–water partition coefficient (Wildman–Crippen LogP) is 6.85. The van der Waals surface area contributed by atoms with Crippen LogP contribution in [0, 0.1) is 6.92 Å². The van der Waals surface area contributed by atoms with Crippen LogP contribution >= 0.6 is 23.4 Å². The Morgan fingerprint density at radius 2 is 1.50 bits per heavy atom. The first-order chi connectivity index (χ1) is 16.3. The molecule has 0 fully saturated rings. The van der Waals surface area contributed by atoms with Gasteiger partial charge in [0.25, 0.3) is 15.9 Å². The van der Waals surface area contributed by atoms with E-state index in [9.17, 15) is 13.2 Å². The average Bonchev–Trinajstić information content (AvgIpc) is 2.82. The molecule has 0 aliphatic rings. The number of sulfonamides is 1. The summed E-state index contributed by atoms with van der Waals surface area (Å²) in [5, 5.41) is 3.04. The van der Waals surface area contributed by atoms with E-state index < -0.39 is 10.0 Å². The molecule has 0 bridgehead atoms. The number of halogens is 1. The molecular weight excluding hydrogens is 488 g/mol. The Kier molecular flexibility index (Phi) is 7.26. The third-order valence-corrected chi connectivity index (χ3v) is 7.69. The van der Waals surface area contributed by atoms with Gasteiger partial charge >= 0.3 is 0 Å². The van der Waals surface area contributed by atoms with Gasteiger partial charge < -0.3 is 5.32 Å². The molecule has 5 nitrogen and oxygen atoms in total. The number of carbonyl (C=O) groups is 1. The van der Waals surface area contributed by atoms with E-state index in [1.54, 1.807) is 23.9 Å². The highest BCUT2D eigenvalue weighted by atomic mass is 35.5. The van der Waals surface area contributed by atoms with Crippen LogP contribution in [0.4, 0.5) is 11.4 Å². The van der Waals surface area contributed by atoms with Crippen LogP contribution in [0.1, 0.15) is 15.9 Å². The molecule has 0 aromatic heterocycles. The summed E-state index contributed by atoms with van der Waals surface area (Å²) in [5.41, 5.74) is 2.12. The molecule has 0 unspecified atom stereocenters. The van der Waals surface area contributed by atoms with Crippen molar-refractivity contribution >= 4 is 50.7 Å². The first kappa shape index (κ1) is 23.9. The summed E-state index contributed by atoms with van der Waals surface area (Å²) in [6, 6.07) is 28.3. The number of nitrogens with one attached hydrogen (secondary N) is 2. The summed E-state index contributed by atoms with van der Waals surface area (Å²) in [7, 11) is -3.81. The van der Waals surface area contributed by atoms with Crippen LogP contribution in [0.2, 0.25) is 5.02 Å². The highest BCUT2D eigenvalue weighted by Crippen LogP contribution is 2.34. The molecule has 4 aromatic rings. The molecule has 0 saturated carbocycles. The minimum absolute atomic E-state index is 0.121. The van der Waals surface area contributed by atoms with Gasteiger partial charge in [0, 0.05) is 15.4 Å². The first-order valence-electron chi connectivity index (χ1n) is 10.3. The van der Waals surface area contributed by atoms with Gasteiger partial charge in [0.1, 0.15) is 0 Å². The van der Waals surface area contributed by atoms with Crippen molar-refractivity contribution in [2.24, 2.45) is 0 Å². The van der Waals surface area contributed by atoms with Crippen molar-refractivity contribution in [2.45, 2.75) is 21.6 Å². The highest BCUT2D eigenvalue weighted by molar-refractivity contribution is 7.99. The summed E-state index contributed by atoms with van der Waals surface area (Å²) >= 11 is 7.87. The molecule has 0 saturated heterocycles. The van der Waals surface area contributed by atoms with E-state index in [4.69, 9.17) is 11.6 Å². The quantitative estimate of drug-likeness (QED) is 0.286. The van der Waals surface area contributed by atoms with E-state index in [1.807, 2.05) is 61.5 Å². The van der Waals surface area contributed by atoms with Gasteiger partial charge in [-0.05, 0) is 61.5 Å². The molecule has 8 heteroatoms. The minimum Gasteiger partial charge on any atom is -0.321 e. The second-order valence-electron chi connectivity index (χ2n) is 7.48. The van der Waals surface area contributed by atoms with E-state index in [0.29, 0.717) is 11.3 Å². The van der Waals surface area contributed by atoms with Gasteiger partial charge in [0.2, 0.25) is 0 Å². The number of aryl methyl sites for hydroxylation is 1. The third kappa shape index (κ3) is 5.80. The number of amides is 1. The molecule has 0 spiro atoms. The SMILES string of the molecule is Cc1ccc(S(=O)(=O)Nc2ccc(C(=O)Nc3ccccc3Sc3ccccc3)cc2Cl)cc1. The zero-order valence-corrected chi connectivity index (χ0v) is 20.5. The summed E-state index contributed by atoms with van der Waals surface area (Å²) in [6.45, 7) is 1.88. The molecule has 0 heterocycles. The van der Waals surface area contributed by atoms with E-state index in [-0.39, 0.29) is 21.5 Å². The molecule has 172 valence electrons. The lowest BCUT2D eigenvalue weighted by Gasteiger charge is -2.13. The van der Waals surface area contributed by atoms with Crippen molar-refractivity contribution in [1.29, 1.82) is 0 Å². The van der Waals surface area contributed by atoms with Gasteiger partial charge in [0.15, 0.2) is 0 Å². The zero-order valence-electron chi connectivity index (χ0n) is 18.2. The molecule has 4 rings (SSSR count). The maximum atomic E-state index is 12.9. The second-order valence-corrected chi connectivity index (χ2v) is 10.7. The molecular formula is C26H21ClN2O3S2. The van der Waals surface area contributed by atoms with Crippen LogP contribution in [0.3, 0.4) is 0 Å². The van der Waals surface area contributed by atoms with E-state index in [2.05, 4.69) is 10.0 Å². The van der Waals surface area contributed by atoms with Crippen LogP contribution in [0.15, 0.2) is 112 Å². The fourth-order valence-corrected chi connectivity index (χ4v) is 5.42. The summed E-state index contributed by atoms with van der Waals surface area (Å²) in [5.74, 6) is -0.351. The topological polar surface area (TPSA) is 75.3 Å². The lowest BCUT2D eigenvalue weighted by atomic mass is 10.2. The van der Waals surface area contributed by atoms with Crippen molar-refractivity contribution in [3.8, 4) is 0 Å². The van der Waals surface area contributed by atoms with Gasteiger partial charge in [0.05, 0.1) is 21.3 Å². The summed E-state index contributed by atoms with van der Waals surface area (Å²) in [6.07, 6.45) is 0. The summed E-state index contributed by atoms with van der Waals surface area (Å²) in [4.78, 5) is 15.0. The van der Waals surface area contributed by atoms with Crippen LogP contribution in [-0.4, -0.2) is 14.3 Å². The number of carbonyl (C=O) groups excluding carboxylic acids is 1. The number of rotatable bonds is 7. The normalized spacial score (nSPS) is 11.1. The standard InChI is InChI=1S/C26H21ClN2O3S2/c1-18-11-14-21(15-12-18)34(31,32)29-23-16-13-19(17-22(23)27)26(30)28-24-9-5-6-10-25(24)33-20-7-3-2-4-8-20/h2-17,29H,1H3,(H,28,30). The molecule has 0 radical (unpaired) electrons. The van der Waals surface area contributed by atoms with Crippen molar-refractivity contribution in [1.82, 2.24) is 0 Å². The van der Waals surface area contributed by atoms with Gasteiger partial charge in [-0.15, -0.1) is 0 Å². The lowest BCUT2D eigenvalue weighted by Crippen LogP contribution is -2.15. The predicted molar refractivity (Wildman–Crippen MR) is 138 cm³/mol. The van der Waals surface area contributed by atoms with Crippen molar-refractivity contribution in [3.63, 3.8) is 0 Å². The maximum absolute atomic E-state index is 12.9. The Balaban J connectivity index is 1.50. The third-order valence-electron chi connectivity index (χ3n) is 4.91. The zero-order chi connectivity index (χ0) is 24.1. The van der Waals surface area contributed by atoms with Gasteiger partial charge in [-0.2, -0.15) is 0 Å². The molecule has 0 aliphatic heterocycles. The Morgan fingerprint density at radius 1 is 0.824 bits per heavy atom. The molecule has 34 heavy (non-hydrogen) atoms. The van der Waals surface area contributed by atoms with E-state index in [1.165, 1.54) is 30.3 Å². The number of benzene rings is 4. The Morgan fingerprint density at radius 3 is 2.21 bits per heavy atom. The van der Waals surface area contributed by atoms with Crippen molar-refractivity contribution in [3.05, 3.63) is 113 Å². The first-order valence-corrected chi connectivity index (χ1v) is 13.0.